The normalized spacial score (nSPS) is 48.5. The molecule has 0 unspecified atom stereocenters. The molecule has 0 bridgehead atoms. The van der Waals surface area contributed by atoms with Crippen molar-refractivity contribution in [1.29, 1.82) is 0 Å². The minimum Gasteiger partial charge on any atom is -0.390 e. The molecule has 0 aliphatic heterocycles. The van der Waals surface area contributed by atoms with Crippen molar-refractivity contribution < 1.29 is 5.11 Å². The minimum atomic E-state index is -0.330. The van der Waals surface area contributed by atoms with Crippen LogP contribution in [0.3, 0.4) is 0 Å². The maximum absolute atomic E-state index is 10.2. The van der Waals surface area contributed by atoms with E-state index in [0.717, 1.165) is 12.3 Å². The molecule has 0 spiro atoms. The van der Waals surface area contributed by atoms with Crippen molar-refractivity contribution in [2.24, 2.45) is 11.8 Å². The van der Waals surface area contributed by atoms with Crippen LogP contribution in [-0.4, -0.2) is 10.7 Å². The van der Waals surface area contributed by atoms with Crippen molar-refractivity contribution in [3.8, 4) is 0 Å². The second-order valence-corrected chi connectivity index (χ2v) is 4.90. The minimum absolute atomic E-state index is 0.330. The van der Waals surface area contributed by atoms with Crippen molar-refractivity contribution in [2.45, 2.75) is 57.5 Å². The highest BCUT2D eigenvalue weighted by Crippen LogP contribution is 2.45. The molecule has 2 aliphatic rings. The summed E-state index contributed by atoms with van der Waals surface area (Å²) in [5.41, 5.74) is -0.330. The second kappa shape index (κ2) is 3.02. The highest BCUT2D eigenvalue weighted by Gasteiger charge is 2.41. The molecule has 0 aromatic heterocycles. The molecular formula is C11H20O. The van der Waals surface area contributed by atoms with Gasteiger partial charge in [-0.2, -0.15) is 0 Å². The summed E-state index contributed by atoms with van der Waals surface area (Å²) in [4.78, 5) is 0. The van der Waals surface area contributed by atoms with E-state index in [1.807, 2.05) is 0 Å². The summed E-state index contributed by atoms with van der Waals surface area (Å²) in [5, 5.41) is 10.2. The first-order chi connectivity index (χ1) is 5.70. The molecular weight excluding hydrogens is 148 g/mol. The summed E-state index contributed by atoms with van der Waals surface area (Å²) in [6.45, 7) is 2.05. The van der Waals surface area contributed by atoms with Crippen molar-refractivity contribution in [3.63, 3.8) is 0 Å². The Labute approximate surface area is 75.2 Å². The van der Waals surface area contributed by atoms with Crippen LogP contribution in [0.15, 0.2) is 0 Å². The number of rotatable bonds is 0. The summed E-state index contributed by atoms with van der Waals surface area (Å²) >= 11 is 0. The van der Waals surface area contributed by atoms with Gasteiger partial charge in [-0.25, -0.2) is 0 Å². The van der Waals surface area contributed by atoms with Gasteiger partial charge in [-0.3, -0.25) is 0 Å². The third-order valence-electron chi connectivity index (χ3n) is 3.97. The van der Waals surface area contributed by atoms with Crippen LogP contribution >= 0.6 is 0 Å². The zero-order chi connectivity index (χ0) is 8.60. The molecule has 1 N–H and O–H groups in total. The van der Waals surface area contributed by atoms with E-state index in [1.54, 1.807) is 0 Å². The average molecular weight is 168 g/mol. The third-order valence-corrected chi connectivity index (χ3v) is 3.97. The lowest BCUT2D eigenvalue weighted by molar-refractivity contribution is -0.0738. The fourth-order valence-corrected chi connectivity index (χ4v) is 3.28. The topological polar surface area (TPSA) is 20.2 Å². The van der Waals surface area contributed by atoms with E-state index in [4.69, 9.17) is 0 Å². The zero-order valence-corrected chi connectivity index (χ0v) is 8.05. The molecule has 0 radical (unpaired) electrons. The highest BCUT2D eigenvalue weighted by atomic mass is 16.3. The predicted octanol–water partition coefficient (Wildman–Crippen LogP) is 2.73. The molecule has 2 saturated carbocycles. The van der Waals surface area contributed by atoms with Gasteiger partial charge in [-0.05, 0) is 38.0 Å². The Balaban J connectivity index is 2.09. The summed E-state index contributed by atoms with van der Waals surface area (Å²) in [7, 11) is 0. The van der Waals surface area contributed by atoms with Gasteiger partial charge >= 0.3 is 0 Å². The van der Waals surface area contributed by atoms with Crippen LogP contribution in [0.4, 0.5) is 0 Å². The molecule has 1 nitrogen and oxygen atoms in total. The third kappa shape index (κ3) is 1.39. The van der Waals surface area contributed by atoms with E-state index in [9.17, 15) is 5.11 Å². The van der Waals surface area contributed by atoms with E-state index >= 15 is 0 Å². The van der Waals surface area contributed by atoms with Crippen LogP contribution in [0.5, 0.6) is 0 Å². The zero-order valence-electron chi connectivity index (χ0n) is 8.05. The maximum Gasteiger partial charge on any atom is 0.0650 e. The summed E-state index contributed by atoms with van der Waals surface area (Å²) < 4.78 is 0. The first-order valence-electron chi connectivity index (χ1n) is 5.42. The summed E-state index contributed by atoms with van der Waals surface area (Å²) in [6.07, 6.45) is 9.05. The average Bonchev–Trinajstić information content (AvgIpc) is 2.04. The lowest BCUT2D eigenvalue weighted by Gasteiger charge is -2.45. The van der Waals surface area contributed by atoms with E-state index in [1.165, 1.54) is 38.5 Å². The molecule has 2 fully saturated rings. The number of hydrogen-bond donors (Lipinski definition) is 1. The highest BCUT2D eigenvalue weighted by molar-refractivity contribution is 4.92. The number of fused-ring (bicyclic) bond motifs is 1. The largest absolute Gasteiger partial charge is 0.390 e. The lowest BCUT2D eigenvalue weighted by Crippen LogP contribution is -2.44. The molecule has 0 heterocycles. The van der Waals surface area contributed by atoms with Gasteiger partial charge < -0.3 is 5.11 Å². The van der Waals surface area contributed by atoms with E-state index in [-0.39, 0.29) is 5.60 Å². The molecule has 3 atom stereocenters. The van der Waals surface area contributed by atoms with Gasteiger partial charge in [0, 0.05) is 0 Å². The SMILES string of the molecule is C[C@@]1(O)CCC[C@H]2CCCC[C@@H]21. The van der Waals surface area contributed by atoms with Gasteiger partial charge in [-0.15, -0.1) is 0 Å². The van der Waals surface area contributed by atoms with Gasteiger partial charge in [0.1, 0.15) is 0 Å². The van der Waals surface area contributed by atoms with Crippen molar-refractivity contribution >= 4 is 0 Å². The monoisotopic (exact) mass is 168 g/mol. The molecule has 0 saturated heterocycles. The molecule has 1 heteroatoms. The van der Waals surface area contributed by atoms with Gasteiger partial charge in [0.2, 0.25) is 0 Å². The van der Waals surface area contributed by atoms with Crippen LogP contribution < -0.4 is 0 Å². The Bertz CT molecular complexity index is 160. The molecule has 12 heavy (non-hydrogen) atoms. The molecule has 2 aliphatic carbocycles. The lowest BCUT2D eigenvalue weighted by atomic mass is 9.64. The van der Waals surface area contributed by atoms with E-state index in [2.05, 4.69) is 6.92 Å². The second-order valence-electron chi connectivity index (χ2n) is 4.90. The Morgan fingerprint density at radius 1 is 1.08 bits per heavy atom. The quantitative estimate of drug-likeness (QED) is 0.589. The van der Waals surface area contributed by atoms with Crippen LogP contribution in [0.25, 0.3) is 0 Å². The van der Waals surface area contributed by atoms with Crippen LogP contribution in [0.2, 0.25) is 0 Å². The van der Waals surface area contributed by atoms with Crippen LogP contribution in [0, 0.1) is 11.8 Å². The number of aliphatic hydroxyl groups is 1. The predicted molar refractivity (Wildman–Crippen MR) is 49.9 cm³/mol. The van der Waals surface area contributed by atoms with Gasteiger partial charge in [0.05, 0.1) is 5.60 Å². The Morgan fingerprint density at radius 2 is 1.75 bits per heavy atom. The van der Waals surface area contributed by atoms with Crippen molar-refractivity contribution in [2.75, 3.05) is 0 Å². The first-order valence-corrected chi connectivity index (χ1v) is 5.42. The fraction of sp³-hybridized carbons (Fsp3) is 1.00. The molecule has 70 valence electrons. The standard InChI is InChI=1S/C11H20O/c1-11(12)8-4-6-9-5-2-3-7-10(9)11/h9-10,12H,2-8H2,1H3/t9-,10+,11-/m1/s1. The van der Waals surface area contributed by atoms with E-state index in [0.29, 0.717) is 5.92 Å². The van der Waals surface area contributed by atoms with E-state index < -0.39 is 0 Å². The van der Waals surface area contributed by atoms with Crippen LogP contribution in [-0.2, 0) is 0 Å². The fourth-order valence-electron chi connectivity index (χ4n) is 3.28. The van der Waals surface area contributed by atoms with Gasteiger partial charge in [0.15, 0.2) is 0 Å². The molecule has 0 aromatic rings. The first kappa shape index (κ1) is 8.55. The van der Waals surface area contributed by atoms with Crippen molar-refractivity contribution in [1.82, 2.24) is 0 Å². The summed E-state index contributed by atoms with van der Waals surface area (Å²) in [6, 6.07) is 0. The van der Waals surface area contributed by atoms with Gasteiger partial charge in [0.25, 0.3) is 0 Å². The number of hydrogen-bond acceptors (Lipinski definition) is 1. The smallest absolute Gasteiger partial charge is 0.0650 e. The molecule has 0 amide bonds. The Kier molecular flexibility index (Phi) is 2.16. The molecule has 0 aromatic carbocycles. The van der Waals surface area contributed by atoms with Crippen LogP contribution in [0.1, 0.15) is 51.9 Å². The maximum atomic E-state index is 10.2. The Morgan fingerprint density at radius 3 is 2.50 bits per heavy atom. The van der Waals surface area contributed by atoms with Crippen molar-refractivity contribution in [3.05, 3.63) is 0 Å². The summed E-state index contributed by atoms with van der Waals surface area (Å²) in [5.74, 6) is 1.47. The Hall–Kier alpha value is -0.0400. The molecule has 2 rings (SSSR count). The van der Waals surface area contributed by atoms with Gasteiger partial charge in [-0.1, -0.05) is 25.7 Å².